The van der Waals surface area contributed by atoms with Crippen LogP contribution in [0.4, 0.5) is 5.69 Å². The van der Waals surface area contributed by atoms with E-state index in [1.807, 2.05) is 52.0 Å². The van der Waals surface area contributed by atoms with Crippen LogP contribution in [0.3, 0.4) is 0 Å². The van der Waals surface area contributed by atoms with Gasteiger partial charge in [0.25, 0.3) is 5.91 Å². The van der Waals surface area contributed by atoms with Crippen LogP contribution < -0.4 is 10.2 Å². The molecule has 7 nitrogen and oxygen atoms in total. The highest BCUT2D eigenvalue weighted by Crippen LogP contribution is 2.31. The van der Waals surface area contributed by atoms with E-state index in [1.54, 1.807) is 29.9 Å². The van der Waals surface area contributed by atoms with Gasteiger partial charge in [-0.3, -0.25) is 19.5 Å². The Labute approximate surface area is 186 Å². The first-order valence-corrected chi connectivity index (χ1v) is 11.1. The molecule has 2 amide bonds. The van der Waals surface area contributed by atoms with Crippen molar-refractivity contribution < 1.29 is 9.59 Å². The highest BCUT2D eigenvalue weighted by molar-refractivity contribution is 7.03. The van der Waals surface area contributed by atoms with Gasteiger partial charge < -0.3 is 5.32 Å². The molecule has 0 saturated heterocycles. The molecule has 3 rings (SSSR count). The molecule has 0 aliphatic heterocycles. The fraction of sp³-hybridized carbons (Fsp3) is 0.348. The van der Waals surface area contributed by atoms with Gasteiger partial charge in [0.2, 0.25) is 5.91 Å². The number of aromatic nitrogens is 3. The van der Waals surface area contributed by atoms with E-state index < -0.39 is 11.6 Å². The largest absolute Gasteiger partial charge is 0.349 e. The van der Waals surface area contributed by atoms with Gasteiger partial charge in [0.05, 0.1) is 0 Å². The molecule has 0 aliphatic carbocycles. The van der Waals surface area contributed by atoms with Crippen LogP contribution in [0.5, 0.6) is 0 Å². The van der Waals surface area contributed by atoms with Gasteiger partial charge in [-0.05, 0) is 62.0 Å². The predicted octanol–water partition coefficient (Wildman–Crippen LogP) is 4.19. The predicted molar refractivity (Wildman–Crippen MR) is 122 cm³/mol. The molecular weight excluding hydrogens is 410 g/mol. The maximum atomic E-state index is 13.6. The summed E-state index contributed by atoms with van der Waals surface area (Å²) >= 11 is 1.10. The molecule has 2 aromatic heterocycles. The molecule has 8 heteroatoms. The van der Waals surface area contributed by atoms with Crippen LogP contribution in [-0.4, -0.2) is 31.9 Å². The molecule has 1 atom stereocenters. The van der Waals surface area contributed by atoms with Crippen molar-refractivity contribution >= 4 is 29.0 Å². The van der Waals surface area contributed by atoms with Crippen LogP contribution in [0.25, 0.3) is 0 Å². The number of benzene rings is 1. The van der Waals surface area contributed by atoms with Gasteiger partial charge in [-0.15, -0.1) is 5.10 Å². The standard InChI is InChI=1S/C23H27N5O2S/c1-5-16-9-7-11-18(13-16)28(22(30)19-15-31-27-26-19)20(17-10-8-12-24-14-17)21(29)25-23(3,4)6-2/h7-15,20H,5-6H2,1-4H3,(H,25,29)/t20-/m1/s1. The fourth-order valence-corrected chi connectivity index (χ4v) is 3.57. The SMILES string of the molecule is CCc1cccc(N(C(=O)c2csnn2)[C@@H](C(=O)NC(C)(C)CC)c2cccnc2)c1. The van der Waals surface area contributed by atoms with Crippen molar-refractivity contribution in [2.24, 2.45) is 0 Å². The lowest BCUT2D eigenvalue weighted by atomic mass is 9.98. The zero-order valence-electron chi connectivity index (χ0n) is 18.2. The molecule has 1 N–H and O–H groups in total. The van der Waals surface area contributed by atoms with Crippen molar-refractivity contribution in [2.75, 3.05) is 4.90 Å². The zero-order chi connectivity index (χ0) is 22.4. The van der Waals surface area contributed by atoms with Gasteiger partial charge in [-0.25, -0.2) is 0 Å². The minimum absolute atomic E-state index is 0.198. The Hall–Kier alpha value is -3.13. The number of carbonyl (C=O) groups excluding carboxylic acids is 2. The number of hydrogen-bond acceptors (Lipinski definition) is 6. The van der Waals surface area contributed by atoms with Crippen LogP contribution in [0, 0.1) is 0 Å². The van der Waals surface area contributed by atoms with Gasteiger partial charge in [0.1, 0.15) is 6.04 Å². The summed E-state index contributed by atoms with van der Waals surface area (Å²) in [6.45, 7) is 7.97. The average Bonchev–Trinajstić information content (AvgIpc) is 3.32. The van der Waals surface area contributed by atoms with Crippen LogP contribution in [0.2, 0.25) is 0 Å². The minimum atomic E-state index is -0.916. The quantitative estimate of drug-likeness (QED) is 0.571. The number of carbonyl (C=O) groups is 2. The molecule has 0 bridgehead atoms. The highest BCUT2D eigenvalue weighted by atomic mass is 32.1. The lowest BCUT2D eigenvalue weighted by Crippen LogP contribution is -2.50. The molecule has 0 unspecified atom stereocenters. The third-order valence-corrected chi connectivity index (χ3v) is 5.75. The van der Waals surface area contributed by atoms with Crippen LogP contribution >= 0.6 is 11.5 Å². The van der Waals surface area contributed by atoms with E-state index in [-0.39, 0.29) is 17.5 Å². The molecule has 0 fully saturated rings. The van der Waals surface area contributed by atoms with Gasteiger partial charge in [0.15, 0.2) is 5.69 Å². The lowest BCUT2D eigenvalue weighted by Gasteiger charge is -2.34. The van der Waals surface area contributed by atoms with E-state index in [0.29, 0.717) is 11.3 Å². The number of rotatable bonds is 8. The van der Waals surface area contributed by atoms with E-state index in [2.05, 4.69) is 19.9 Å². The molecule has 0 radical (unpaired) electrons. The summed E-state index contributed by atoms with van der Waals surface area (Å²) < 4.78 is 3.83. The molecule has 3 aromatic rings. The Balaban J connectivity index is 2.16. The second-order valence-electron chi connectivity index (χ2n) is 7.90. The normalized spacial score (nSPS) is 12.3. The summed E-state index contributed by atoms with van der Waals surface area (Å²) in [5.74, 6) is -0.668. The monoisotopic (exact) mass is 437 g/mol. The molecule has 0 aliphatic rings. The average molecular weight is 438 g/mol. The Morgan fingerprint density at radius 1 is 1.19 bits per heavy atom. The smallest absolute Gasteiger partial charge is 0.280 e. The van der Waals surface area contributed by atoms with Crippen molar-refractivity contribution in [3.8, 4) is 0 Å². The Bertz CT molecular complexity index is 1020. The molecule has 31 heavy (non-hydrogen) atoms. The summed E-state index contributed by atoms with van der Waals surface area (Å²) in [6.07, 6.45) is 4.81. The van der Waals surface area contributed by atoms with Gasteiger partial charge in [-0.2, -0.15) is 0 Å². The first-order chi connectivity index (χ1) is 14.9. The summed E-state index contributed by atoms with van der Waals surface area (Å²) in [7, 11) is 0. The van der Waals surface area contributed by atoms with E-state index in [1.165, 1.54) is 4.90 Å². The summed E-state index contributed by atoms with van der Waals surface area (Å²) in [4.78, 5) is 32.9. The molecule has 0 spiro atoms. The summed E-state index contributed by atoms with van der Waals surface area (Å²) in [5, 5.41) is 8.64. The Morgan fingerprint density at radius 3 is 2.61 bits per heavy atom. The summed E-state index contributed by atoms with van der Waals surface area (Å²) in [6, 6.07) is 10.3. The van der Waals surface area contributed by atoms with Crippen LogP contribution in [0.1, 0.15) is 61.8 Å². The third-order valence-electron chi connectivity index (χ3n) is 5.25. The number of amides is 2. The van der Waals surface area contributed by atoms with Crippen molar-refractivity contribution in [3.05, 3.63) is 71.0 Å². The van der Waals surface area contributed by atoms with Crippen molar-refractivity contribution in [1.29, 1.82) is 0 Å². The second-order valence-corrected chi connectivity index (χ2v) is 8.51. The molecule has 2 heterocycles. The first kappa shape index (κ1) is 22.6. The van der Waals surface area contributed by atoms with E-state index in [4.69, 9.17) is 0 Å². The van der Waals surface area contributed by atoms with Gasteiger partial charge in [-0.1, -0.05) is 36.5 Å². The number of hydrogen-bond donors (Lipinski definition) is 1. The Morgan fingerprint density at radius 2 is 2.00 bits per heavy atom. The van der Waals surface area contributed by atoms with E-state index in [9.17, 15) is 9.59 Å². The fourth-order valence-electron chi connectivity index (χ4n) is 3.14. The van der Waals surface area contributed by atoms with E-state index in [0.717, 1.165) is 29.9 Å². The zero-order valence-corrected chi connectivity index (χ0v) is 19.0. The molecule has 1 aromatic carbocycles. The number of nitrogens with zero attached hydrogens (tertiary/aromatic N) is 4. The Kier molecular flexibility index (Phi) is 7.12. The second kappa shape index (κ2) is 9.78. The van der Waals surface area contributed by atoms with Crippen LogP contribution in [0.15, 0.2) is 54.2 Å². The third kappa shape index (κ3) is 5.32. The number of aryl methyl sites for hydroxylation is 1. The maximum absolute atomic E-state index is 13.6. The van der Waals surface area contributed by atoms with Crippen molar-refractivity contribution in [3.63, 3.8) is 0 Å². The van der Waals surface area contributed by atoms with Crippen LogP contribution in [-0.2, 0) is 11.2 Å². The topological polar surface area (TPSA) is 88.1 Å². The lowest BCUT2D eigenvalue weighted by molar-refractivity contribution is -0.124. The molecular formula is C23H27N5O2S. The molecule has 0 saturated carbocycles. The summed E-state index contributed by atoms with van der Waals surface area (Å²) in [5.41, 5.74) is 2.06. The number of pyridine rings is 1. The minimum Gasteiger partial charge on any atom is -0.349 e. The van der Waals surface area contributed by atoms with Gasteiger partial charge in [0, 0.05) is 34.6 Å². The maximum Gasteiger partial charge on any atom is 0.280 e. The molecule has 162 valence electrons. The van der Waals surface area contributed by atoms with Crippen molar-refractivity contribution in [1.82, 2.24) is 19.9 Å². The van der Waals surface area contributed by atoms with E-state index >= 15 is 0 Å². The van der Waals surface area contributed by atoms with Gasteiger partial charge >= 0.3 is 0 Å². The number of nitrogens with one attached hydrogen (secondary N) is 1. The highest BCUT2D eigenvalue weighted by Gasteiger charge is 2.36. The number of anilines is 1. The van der Waals surface area contributed by atoms with Crippen molar-refractivity contribution in [2.45, 2.75) is 52.1 Å². The first-order valence-electron chi connectivity index (χ1n) is 10.3.